The van der Waals surface area contributed by atoms with Gasteiger partial charge in [0, 0.05) is 24.4 Å². The molecule has 0 amide bonds. The Balaban J connectivity index is 2.16. The molecule has 0 radical (unpaired) electrons. The van der Waals surface area contributed by atoms with E-state index >= 15 is 0 Å². The molecular formula is C11H16N4O2S. The van der Waals surface area contributed by atoms with Gasteiger partial charge < -0.3 is 5.73 Å². The number of sulfonamides is 1. The van der Waals surface area contributed by atoms with E-state index in [1.807, 2.05) is 0 Å². The smallest absolute Gasteiger partial charge is 0.242 e. The van der Waals surface area contributed by atoms with E-state index in [1.165, 1.54) is 18.5 Å². The number of nitrogens with one attached hydrogen (secondary N) is 2. The normalized spacial score (nSPS) is 24.0. The Morgan fingerprint density at radius 2 is 2.28 bits per heavy atom. The summed E-state index contributed by atoms with van der Waals surface area (Å²) in [5.74, 6) is -0.150. The number of pyridine rings is 1. The summed E-state index contributed by atoms with van der Waals surface area (Å²) in [6, 6.07) is 2.78. The number of aromatic nitrogens is 1. The highest BCUT2D eigenvalue weighted by molar-refractivity contribution is 7.89. The van der Waals surface area contributed by atoms with Crippen LogP contribution in [0.2, 0.25) is 0 Å². The van der Waals surface area contributed by atoms with E-state index in [2.05, 4.69) is 9.71 Å². The molecule has 0 spiro atoms. The minimum atomic E-state index is -3.57. The van der Waals surface area contributed by atoms with Crippen LogP contribution in [-0.4, -0.2) is 25.3 Å². The summed E-state index contributed by atoms with van der Waals surface area (Å²) in [5.41, 5.74) is 5.48. The summed E-state index contributed by atoms with van der Waals surface area (Å²) in [5, 5.41) is 7.47. The van der Waals surface area contributed by atoms with Crippen molar-refractivity contribution < 1.29 is 8.42 Å². The molecule has 7 heteroatoms. The van der Waals surface area contributed by atoms with Crippen molar-refractivity contribution in [3.63, 3.8) is 0 Å². The van der Waals surface area contributed by atoms with Gasteiger partial charge in [-0.2, -0.15) is 0 Å². The fourth-order valence-corrected chi connectivity index (χ4v) is 3.52. The van der Waals surface area contributed by atoms with Gasteiger partial charge in [-0.25, -0.2) is 13.1 Å². The van der Waals surface area contributed by atoms with Crippen molar-refractivity contribution in [1.82, 2.24) is 9.71 Å². The minimum Gasteiger partial charge on any atom is -0.387 e. The first-order valence-electron chi connectivity index (χ1n) is 5.77. The molecule has 0 aliphatic heterocycles. The van der Waals surface area contributed by atoms with E-state index in [9.17, 15) is 8.42 Å². The Hall–Kier alpha value is -1.47. The van der Waals surface area contributed by atoms with E-state index < -0.39 is 10.0 Å². The van der Waals surface area contributed by atoms with E-state index in [1.54, 1.807) is 6.07 Å². The fourth-order valence-electron chi connectivity index (χ4n) is 2.25. The SMILES string of the molecule is N=C(N)C1CCCC1NS(=O)(=O)c1cccnc1. The van der Waals surface area contributed by atoms with Crippen LogP contribution in [0.5, 0.6) is 0 Å². The molecule has 0 aromatic carbocycles. The van der Waals surface area contributed by atoms with Gasteiger partial charge in [-0.1, -0.05) is 6.42 Å². The largest absolute Gasteiger partial charge is 0.387 e. The third-order valence-electron chi connectivity index (χ3n) is 3.17. The second-order valence-electron chi connectivity index (χ2n) is 4.41. The lowest BCUT2D eigenvalue weighted by Gasteiger charge is -2.19. The quantitative estimate of drug-likeness (QED) is 0.544. The molecule has 1 aromatic rings. The summed E-state index contributed by atoms with van der Waals surface area (Å²) in [4.78, 5) is 3.93. The van der Waals surface area contributed by atoms with Crippen LogP contribution in [0.1, 0.15) is 19.3 Å². The molecule has 1 fully saturated rings. The van der Waals surface area contributed by atoms with Crippen molar-refractivity contribution in [2.45, 2.75) is 30.2 Å². The average molecular weight is 268 g/mol. The second-order valence-corrected chi connectivity index (χ2v) is 6.12. The highest BCUT2D eigenvalue weighted by Crippen LogP contribution is 2.26. The first-order chi connectivity index (χ1) is 8.50. The summed E-state index contributed by atoms with van der Waals surface area (Å²) < 4.78 is 26.8. The lowest BCUT2D eigenvalue weighted by molar-refractivity contribution is 0.521. The van der Waals surface area contributed by atoms with Crippen molar-refractivity contribution in [1.29, 1.82) is 5.41 Å². The highest BCUT2D eigenvalue weighted by atomic mass is 32.2. The molecule has 2 atom stereocenters. The summed E-state index contributed by atoms with van der Waals surface area (Å²) in [7, 11) is -3.57. The number of amidine groups is 1. The zero-order valence-electron chi connectivity index (χ0n) is 9.83. The zero-order chi connectivity index (χ0) is 13.2. The predicted molar refractivity (Wildman–Crippen MR) is 67.6 cm³/mol. The average Bonchev–Trinajstić information content (AvgIpc) is 2.78. The molecule has 4 N–H and O–H groups in total. The Morgan fingerprint density at radius 1 is 1.50 bits per heavy atom. The third-order valence-corrected chi connectivity index (χ3v) is 4.64. The van der Waals surface area contributed by atoms with Crippen LogP contribution >= 0.6 is 0 Å². The molecule has 0 bridgehead atoms. The second kappa shape index (κ2) is 5.03. The van der Waals surface area contributed by atoms with Crippen molar-refractivity contribution in [3.05, 3.63) is 24.5 Å². The Bertz CT molecular complexity index is 529. The van der Waals surface area contributed by atoms with Crippen LogP contribution in [0.15, 0.2) is 29.4 Å². The van der Waals surface area contributed by atoms with Crippen LogP contribution in [0, 0.1) is 11.3 Å². The molecule has 1 aromatic heterocycles. The number of rotatable bonds is 4. The number of hydrogen-bond donors (Lipinski definition) is 3. The van der Waals surface area contributed by atoms with Crippen molar-refractivity contribution >= 4 is 15.9 Å². The van der Waals surface area contributed by atoms with Crippen LogP contribution in [0.3, 0.4) is 0 Å². The van der Waals surface area contributed by atoms with Gasteiger partial charge in [0.25, 0.3) is 0 Å². The maximum atomic E-state index is 12.1. The molecule has 1 saturated carbocycles. The topological polar surface area (TPSA) is 109 Å². The molecule has 98 valence electrons. The standard InChI is InChI=1S/C11H16N4O2S/c12-11(13)9-4-1-5-10(9)15-18(16,17)8-3-2-6-14-7-8/h2-3,6-7,9-10,15H,1,4-5H2,(H3,12,13). The van der Waals surface area contributed by atoms with Gasteiger partial charge in [0.1, 0.15) is 4.90 Å². The predicted octanol–water partition coefficient (Wildman–Crippen LogP) is 0.465. The zero-order valence-corrected chi connectivity index (χ0v) is 10.7. The van der Waals surface area contributed by atoms with Gasteiger partial charge >= 0.3 is 0 Å². The monoisotopic (exact) mass is 268 g/mol. The number of nitrogens with two attached hydrogens (primary N) is 1. The Kier molecular flexibility index (Phi) is 3.63. The summed E-state index contributed by atoms with van der Waals surface area (Å²) in [6.45, 7) is 0. The van der Waals surface area contributed by atoms with Gasteiger partial charge in [-0.05, 0) is 25.0 Å². The van der Waals surface area contributed by atoms with Crippen LogP contribution in [-0.2, 0) is 10.0 Å². The van der Waals surface area contributed by atoms with Gasteiger partial charge in [0.05, 0.1) is 5.84 Å². The summed E-state index contributed by atoms with van der Waals surface area (Å²) in [6.07, 6.45) is 5.18. The fraction of sp³-hybridized carbons (Fsp3) is 0.455. The highest BCUT2D eigenvalue weighted by Gasteiger charge is 2.33. The first kappa shape index (κ1) is 13.0. The molecule has 2 unspecified atom stereocenters. The van der Waals surface area contributed by atoms with Crippen LogP contribution < -0.4 is 10.5 Å². The minimum absolute atomic E-state index is 0.0476. The number of nitrogens with zero attached hydrogens (tertiary/aromatic N) is 1. The summed E-state index contributed by atoms with van der Waals surface area (Å²) >= 11 is 0. The number of hydrogen-bond acceptors (Lipinski definition) is 4. The van der Waals surface area contributed by atoms with Crippen LogP contribution in [0.25, 0.3) is 0 Å². The Morgan fingerprint density at radius 3 is 2.89 bits per heavy atom. The maximum Gasteiger partial charge on any atom is 0.242 e. The van der Waals surface area contributed by atoms with E-state index in [0.29, 0.717) is 6.42 Å². The van der Waals surface area contributed by atoms with Crippen molar-refractivity contribution in [3.8, 4) is 0 Å². The lowest BCUT2D eigenvalue weighted by atomic mass is 10.0. The molecule has 1 heterocycles. The molecule has 2 rings (SSSR count). The van der Waals surface area contributed by atoms with Gasteiger partial charge in [-0.3, -0.25) is 10.4 Å². The third kappa shape index (κ3) is 2.68. The maximum absolute atomic E-state index is 12.1. The van der Waals surface area contributed by atoms with Gasteiger partial charge in [-0.15, -0.1) is 0 Å². The van der Waals surface area contributed by atoms with Gasteiger partial charge in [0.2, 0.25) is 10.0 Å². The molecule has 1 aliphatic carbocycles. The molecule has 18 heavy (non-hydrogen) atoms. The first-order valence-corrected chi connectivity index (χ1v) is 7.25. The van der Waals surface area contributed by atoms with Crippen molar-refractivity contribution in [2.24, 2.45) is 11.7 Å². The molecule has 1 aliphatic rings. The molecule has 6 nitrogen and oxygen atoms in total. The van der Waals surface area contributed by atoms with Crippen molar-refractivity contribution in [2.75, 3.05) is 0 Å². The van der Waals surface area contributed by atoms with E-state index in [4.69, 9.17) is 11.1 Å². The molecule has 0 saturated heterocycles. The van der Waals surface area contributed by atoms with E-state index in [0.717, 1.165) is 12.8 Å². The van der Waals surface area contributed by atoms with Crippen LogP contribution in [0.4, 0.5) is 0 Å². The Labute approximate surface area is 106 Å². The van der Waals surface area contributed by atoms with E-state index in [-0.39, 0.29) is 22.7 Å². The molecular weight excluding hydrogens is 252 g/mol. The lowest BCUT2D eigenvalue weighted by Crippen LogP contribution is -2.42. The van der Waals surface area contributed by atoms with Gasteiger partial charge in [0.15, 0.2) is 0 Å².